The van der Waals surface area contributed by atoms with Crippen LogP contribution in [-0.4, -0.2) is 44.3 Å². The maximum absolute atomic E-state index is 4.60. The molecule has 1 aromatic rings. The van der Waals surface area contributed by atoms with E-state index in [0.717, 1.165) is 39.3 Å². The fourth-order valence-corrected chi connectivity index (χ4v) is 2.71. The lowest BCUT2D eigenvalue weighted by molar-refractivity contribution is 0.588. The highest BCUT2D eigenvalue weighted by molar-refractivity contribution is 5.67. The van der Waals surface area contributed by atoms with Crippen molar-refractivity contribution in [3.05, 3.63) is 18.3 Å². The molecule has 0 amide bonds. The molecule has 2 aliphatic rings. The fourth-order valence-electron chi connectivity index (χ4n) is 2.71. The van der Waals surface area contributed by atoms with Crippen LogP contribution in [0.5, 0.6) is 0 Å². The van der Waals surface area contributed by atoms with Crippen molar-refractivity contribution in [1.82, 2.24) is 10.3 Å². The molecule has 2 aliphatic heterocycles. The molecule has 1 aromatic heterocycles. The second-order valence-electron chi connectivity index (χ2n) is 4.78. The topological polar surface area (TPSA) is 31.4 Å². The van der Waals surface area contributed by atoms with Gasteiger partial charge in [0, 0.05) is 45.5 Å². The van der Waals surface area contributed by atoms with Gasteiger partial charge in [0.2, 0.25) is 0 Å². The van der Waals surface area contributed by atoms with E-state index in [2.05, 4.69) is 32.2 Å². The van der Waals surface area contributed by atoms with Gasteiger partial charge in [0.15, 0.2) is 5.82 Å². The molecule has 3 rings (SSSR count). The molecule has 0 aromatic carbocycles. The number of pyridine rings is 1. The molecule has 92 valence electrons. The maximum Gasteiger partial charge on any atom is 0.152 e. The number of nitrogens with one attached hydrogen (secondary N) is 1. The van der Waals surface area contributed by atoms with E-state index in [1.165, 1.54) is 24.3 Å². The van der Waals surface area contributed by atoms with Crippen LogP contribution >= 0.6 is 0 Å². The number of hydrogen-bond donors (Lipinski definition) is 1. The fraction of sp³-hybridized carbons (Fsp3) is 0.615. The molecule has 4 heteroatoms. The number of aromatic nitrogens is 1. The van der Waals surface area contributed by atoms with Crippen LogP contribution in [-0.2, 0) is 0 Å². The molecule has 3 heterocycles. The second kappa shape index (κ2) is 4.92. The minimum absolute atomic E-state index is 1.08. The molecule has 0 unspecified atom stereocenters. The molecule has 2 fully saturated rings. The van der Waals surface area contributed by atoms with Gasteiger partial charge in [0.05, 0.1) is 5.69 Å². The maximum atomic E-state index is 4.60. The van der Waals surface area contributed by atoms with Gasteiger partial charge in [-0.3, -0.25) is 0 Å². The molecular weight excluding hydrogens is 212 g/mol. The Labute approximate surface area is 103 Å². The Kier molecular flexibility index (Phi) is 3.14. The number of nitrogens with zero attached hydrogens (tertiary/aromatic N) is 3. The Bertz CT molecular complexity index is 367. The van der Waals surface area contributed by atoms with E-state index >= 15 is 0 Å². The van der Waals surface area contributed by atoms with Crippen molar-refractivity contribution in [2.45, 2.75) is 12.8 Å². The summed E-state index contributed by atoms with van der Waals surface area (Å²) in [5.74, 6) is 1.19. The average molecular weight is 232 g/mol. The van der Waals surface area contributed by atoms with E-state index in [0.29, 0.717) is 0 Å². The summed E-state index contributed by atoms with van der Waals surface area (Å²) >= 11 is 0. The third-order valence-electron chi connectivity index (χ3n) is 3.63. The van der Waals surface area contributed by atoms with Crippen LogP contribution in [0.1, 0.15) is 12.8 Å². The predicted octanol–water partition coefficient (Wildman–Crippen LogP) is 1.09. The van der Waals surface area contributed by atoms with Gasteiger partial charge < -0.3 is 15.1 Å². The normalized spacial score (nSPS) is 20.9. The van der Waals surface area contributed by atoms with Crippen molar-refractivity contribution in [3.8, 4) is 0 Å². The van der Waals surface area contributed by atoms with Gasteiger partial charge in [-0.2, -0.15) is 0 Å². The Morgan fingerprint density at radius 1 is 1.00 bits per heavy atom. The van der Waals surface area contributed by atoms with Crippen LogP contribution in [0.3, 0.4) is 0 Å². The van der Waals surface area contributed by atoms with Gasteiger partial charge >= 0.3 is 0 Å². The molecule has 0 aliphatic carbocycles. The average Bonchev–Trinajstić information content (AvgIpc) is 2.94. The lowest BCUT2D eigenvalue weighted by atomic mass is 10.2. The Morgan fingerprint density at radius 3 is 2.53 bits per heavy atom. The van der Waals surface area contributed by atoms with Gasteiger partial charge in [-0.25, -0.2) is 4.98 Å². The zero-order chi connectivity index (χ0) is 11.5. The van der Waals surface area contributed by atoms with Crippen molar-refractivity contribution in [1.29, 1.82) is 0 Å². The minimum Gasteiger partial charge on any atom is -0.366 e. The molecule has 0 radical (unpaired) electrons. The second-order valence-corrected chi connectivity index (χ2v) is 4.78. The zero-order valence-corrected chi connectivity index (χ0v) is 10.2. The van der Waals surface area contributed by atoms with Crippen molar-refractivity contribution < 1.29 is 0 Å². The van der Waals surface area contributed by atoms with Gasteiger partial charge in [0.1, 0.15) is 0 Å². The molecule has 0 spiro atoms. The lowest BCUT2D eigenvalue weighted by Crippen LogP contribution is -2.44. The van der Waals surface area contributed by atoms with E-state index in [1.54, 1.807) is 0 Å². The zero-order valence-electron chi connectivity index (χ0n) is 10.2. The summed E-state index contributed by atoms with van der Waals surface area (Å²) in [6.07, 6.45) is 4.52. The smallest absolute Gasteiger partial charge is 0.152 e. The highest BCUT2D eigenvalue weighted by Gasteiger charge is 2.20. The van der Waals surface area contributed by atoms with Gasteiger partial charge in [0.25, 0.3) is 0 Å². The third-order valence-corrected chi connectivity index (χ3v) is 3.63. The molecule has 2 saturated heterocycles. The van der Waals surface area contributed by atoms with Crippen molar-refractivity contribution in [3.63, 3.8) is 0 Å². The van der Waals surface area contributed by atoms with Crippen LogP contribution in [0.25, 0.3) is 0 Å². The number of rotatable bonds is 2. The molecule has 0 bridgehead atoms. The number of anilines is 2. The molecule has 0 saturated carbocycles. The third kappa shape index (κ3) is 2.22. The summed E-state index contributed by atoms with van der Waals surface area (Å²) in [5, 5.41) is 3.40. The summed E-state index contributed by atoms with van der Waals surface area (Å²) in [6, 6.07) is 4.27. The first kappa shape index (κ1) is 10.8. The van der Waals surface area contributed by atoms with Crippen LogP contribution < -0.4 is 15.1 Å². The van der Waals surface area contributed by atoms with E-state index in [9.17, 15) is 0 Å². The summed E-state index contributed by atoms with van der Waals surface area (Å²) in [5.41, 5.74) is 1.32. The first-order valence-corrected chi connectivity index (χ1v) is 6.61. The summed E-state index contributed by atoms with van der Waals surface area (Å²) in [4.78, 5) is 9.48. The quantitative estimate of drug-likeness (QED) is 0.827. The summed E-state index contributed by atoms with van der Waals surface area (Å²) in [7, 11) is 0. The highest BCUT2D eigenvalue weighted by Crippen LogP contribution is 2.29. The van der Waals surface area contributed by atoms with Crippen LogP contribution in [0.2, 0.25) is 0 Å². The molecular formula is C13H20N4. The standard InChI is InChI=1S/C13H20N4/c1-2-9-17(8-1)13-12(4-3-5-15-13)16-10-6-14-7-11-16/h3-5,14H,1-2,6-11H2. The van der Waals surface area contributed by atoms with Crippen LogP contribution in [0, 0.1) is 0 Å². The summed E-state index contributed by atoms with van der Waals surface area (Å²) < 4.78 is 0. The van der Waals surface area contributed by atoms with Crippen molar-refractivity contribution in [2.75, 3.05) is 49.1 Å². The first-order chi connectivity index (χ1) is 8.45. The van der Waals surface area contributed by atoms with Gasteiger partial charge in [-0.15, -0.1) is 0 Å². The Balaban J connectivity index is 1.86. The molecule has 0 atom stereocenters. The molecule has 17 heavy (non-hydrogen) atoms. The van der Waals surface area contributed by atoms with Crippen LogP contribution in [0.15, 0.2) is 18.3 Å². The van der Waals surface area contributed by atoms with Gasteiger partial charge in [-0.1, -0.05) is 0 Å². The van der Waals surface area contributed by atoms with E-state index in [1.807, 2.05) is 6.20 Å². The van der Waals surface area contributed by atoms with E-state index < -0.39 is 0 Å². The van der Waals surface area contributed by atoms with Gasteiger partial charge in [-0.05, 0) is 25.0 Å². The first-order valence-electron chi connectivity index (χ1n) is 6.61. The minimum atomic E-state index is 1.08. The SMILES string of the molecule is c1cnc(N2CCCC2)c(N2CCNCC2)c1. The lowest BCUT2D eigenvalue weighted by Gasteiger charge is -2.32. The molecule has 4 nitrogen and oxygen atoms in total. The van der Waals surface area contributed by atoms with E-state index in [-0.39, 0.29) is 0 Å². The largest absolute Gasteiger partial charge is 0.366 e. The van der Waals surface area contributed by atoms with Crippen molar-refractivity contribution >= 4 is 11.5 Å². The monoisotopic (exact) mass is 232 g/mol. The molecule has 1 N–H and O–H groups in total. The Morgan fingerprint density at radius 2 is 1.76 bits per heavy atom. The summed E-state index contributed by atoms with van der Waals surface area (Å²) in [6.45, 7) is 6.66. The predicted molar refractivity (Wildman–Crippen MR) is 70.8 cm³/mol. The van der Waals surface area contributed by atoms with E-state index in [4.69, 9.17) is 0 Å². The Hall–Kier alpha value is -1.29. The number of hydrogen-bond acceptors (Lipinski definition) is 4. The van der Waals surface area contributed by atoms with Crippen LogP contribution in [0.4, 0.5) is 11.5 Å². The van der Waals surface area contributed by atoms with Crippen molar-refractivity contribution in [2.24, 2.45) is 0 Å². The number of piperazine rings is 1. The highest BCUT2D eigenvalue weighted by atomic mass is 15.3.